The van der Waals surface area contributed by atoms with Crippen LogP contribution in [-0.4, -0.2) is 25.9 Å². The number of carbonyl (C=O) groups is 1. The second-order valence-corrected chi connectivity index (χ2v) is 8.62. The number of aromatic nitrogens is 1. The number of rotatable bonds is 7. The van der Waals surface area contributed by atoms with Crippen molar-refractivity contribution in [1.82, 2.24) is 10.3 Å². The molecule has 0 aliphatic heterocycles. The average Bonchev–Trinajstić information content (AvgIpc) is 2.74. The van der Waals surface area contributed by atoms with Crippen molar-refractivity contribution in [3.63, 3.8) is 0 Å². The van der Waals surface area contributed by atoms with E-state index in [1.165, 1.54) is 12.1 Å². The molecule has 0 atom stereocenters. The number of amides is 1. The predicted octanol–water partition coefficient (Wildman–Crippen LogP) is 3.56. The Labute approximate surface area is 175 Å². The normalized spacial score (nSPS) is 11.1. The van der Waals surface area contributed by atoms with E-state index in [1.54, 1.807) is 61.8 Å². The van der Waals surface area contributed by atoms with Gasteiger partial charge >= 0.3 is 0 Å². The smallest absolute Gasteiger partial charge is 0.264 e. The molecule has 3 rings (SSSR count). The molecule has 1 N–H and O–H groups in total. The Bertz CT molecular complexity index is 1090. The molecule has 0 radical (unpaired) electrons. The highest BCUT2D eigenvalue weighted by Crippen LogP contribution is 2.30. The van der Waals surface area contributed by atoms with Crippen LogP contribution in [0.3, 0.4) is 0 Å². The average molecular weight is 430 g/mol. The van der Waals surface area contributed by atoms with E-state index in [1.807, 2.05) is 6.07 Å². The highest BCUT2D eigenvalue weighted by molar-refractivity contribution is 7.92. The van der Waals surface area contributed by atoms with Gasteiger partial charge in [-0.2, -0.15) is 0 Å². The topological polar surface area (TPSA) is 79.4 Å². The molecule has 0 unspecified atom stereocenters. The Balaban J connectivity index is 1.91. The first kappa shape index (κ1) is 20.8. The van der Waals surface area contributed by atoms with E-state index in [9.17, 15) is 13.2 Å². The van der Waals surface area contributed by atoms with Gasteiger partial charge in [0.1, 0.15) is 6.54 Å². The van der Waals surface area contributed by atoms with Crippen LogP contribution >= 0.6 is 11.6 Å². The first-order chi connectivity index (χ1) is 13.9. The lowest BCUT2D eigenvalue weighted by molar-refractivity contribution is -0.119. The number of nitrogens with one attached hydrogen (secondary N) is 1. The van der Waals surface area contributed by atoms with Crippen molar-refractivity contribution in [3.8, 4) is 0 Å². The van der Waals surface area contributed by atoms with Gasteiger partial charge in [0, 0.05) is 24.0 Å². The van der Waals surface area contributed by atoms with Gasteiger partial charge in [0.2, 0.25) is 5.91 Å². The number of hydrogen-bond donors (Lipinski definition) is 1. The van der Waals surface area contributed by atoms with Crippen LogP contribution in [0.4, 0.5) is 5.69 Å². The summed E-state index contributed by atoms with van der Waals surface area (Å²) < 4.78 is 27.7. The largest absolute Gasteiger partial charge is 0.350 e. The molecule has 150 valence electrons. The maximum atomic E-state index is 13.3. The minimum atomic E-state index is -3.97. The van der Waals surface area contributed by atoms with Crippen LogP contribution in [0.2, 0.25) is 5.02 Å². The minimum absolute atomic E-state index is 0.0967. The van der Waals surface area contributed by atoms with Crippen LogP contribution in [0.15, 0.2) is 78.0 Å². The Morgan fingerprint density at radius 1 is 1.07 bits per heavy atom. The molecule has 0 bridgehead atoms. The van der Waals surface area contributed by atoms with Crippen LogP contribution < -0.4 is 9.62 Å². The third-order valence-electron chi connectivity index (χ3n) is 4.34. The molecule has 0 aliphatic rings. The third kappa shape index (κ3) is 4.93. The maximum absolute atomic E-state index is 13.3. The van der Waals surface area contributed by atoms with E-state index in [4.69, 9.17) is 11.6 Å². The number of pyridine rings is 1. The van der Waals surface area contributed by atoms with Crippen molar-refractivity contribution in [1.29, 1.82) is 0 Å². The Morgan fingerprint density at radius 3 is 2.52 bits per heavy atom. The zero-order chi connectivity index (χ0) is 20.9. The monoisotopic (exact) mass is 429 g/mol. The summed E-state index contributed by atoms with van der Waals surface area (Å²) in [6.07, 6.45) is 3.28. The summed E-state index contributed by atoms with van der Waals surface area (Å²) in [4.78, 5) is 16.7. The van der Waals surface area contributed by atoms with Crippen LogP contribution in [0.5, 0.6) is 0 Å². The zero-order valence-electron chi connectivity index (χ0n) is 15.7. The summed E-state index contributed by atoms with van der Waals surface area (Å²) in [5, 5.41) is 3.16. The second kappa shape index (κ2) is 9.07. The quantitative estimate of drug-likeness (QED) is 0.622. The molecular formula is C21H20ClN3O3S. The lowest BCUT2D eigenvalue weighted by atomic mass is 10.2. The zero-order valence-corrected chi connectivity index (χ0v) is 17.3. The van der Waals surface area contributed by atoms with Crippen LogP contribution in [0.25, 0.3) is 0 Å². The fourth-order valence-electron chi connectivity index (χ4n) is 2.78. The van der Waals surface area contributed by atoms with Gasteiger partial charge in [-0.25, -0.2) is 8.42 Å². The summed E-state index contributed by atoms with van der Waals surface area (Å²) in [7, 11) is -3.97. The molecule has 0 fully saturated rings. The van der Waals surface area contributed by atoms with Crippen molar-refractivity contribution in [2.45, 2.75) is 18.4 Å². The summed E-state index contributed by atoms with van der Waals surface area (Å²) in [6, 6.07) is 16.6. The van der Waals surface area contributed by atoms with E-state index >= 15 is 0 Å². The fourth-order valence-corrected chi connectivity index (χ4v) is 4.44. The molecule has 0 saturated heterocycles. The summed E-state index contributed by atoms with van der Waals surface area (Å²) in [5.41, 5.74) is 1.75. The molecule has 0 spiro atoms. The van der Waals surface area contributed by atoms with E-state index in [0.717, 1.165) is 9.87 Å². The Hall–Kier alpha value is -2.90. The standard InChI is InChI=1S/C21H20ClN3O3S/c1-16-19(22)10-5-11-20(16)25(29(27,28)18-8-3-2-4-9-18)15-21(26)24-14-17-7-6-12-23-13-17/h2-13H,14-15H2,1H3,(H,24,26). The first-order valence-electron chi connectivity index (χ1n) is 8.88. The highest BCUT2D eigenvalue weighted by atomic mass is 35.5. The fraction of sp³-hybridized carbons (Fsp3) is 0.143. The lowest BCUT2D eigenvalue weighted by Gasteiger charge is -2.26. The van der Waals surface area contributed by atoms with Gasteiger partial charge in [0.25, 0.3) is 10.0 Å². The van der Waals surface area contributed by atoms with Crippen LogP contribution in [0.1, 0.15) is 11.1 Å². The molecule has 8 heteroatoms. The van der Waals surface area contributed by atoms with Crippen molar-refractivity contribution in [2.24, 2.45) is 0 Å². The number of anilines is 1. The van der Waals surface area contributed by atoms with Crippen LogP contribution in [0, 0.1) is 6.92 Å². The number of benzene rings is 2. The number of carbonyl (C=O) groups excluding carboxylic acids is 1. The van der Waals surface area contributed by atoms with E-state index in [0.29, 0.717) is 16.3 Å². The summed E-state index contributed by atoms with van der Waals surface area (Å²) in [6.45, 7) is 1.60. The molecule has 1 heterocycles. The second-order valence-electron chi connectivity index (χ2n) is 6.35. The number of sulfonamides is 1. The predicted molar refractivity (Wildman–Crippen MR) is 113 cm³/mol. The van der Waals surface area contributed by atoms with Gasteiger partial charge in [-0.1, -0.05) is 41.9 Å². The molecule has 29 heavy (non-hydrogen) atoms. The van der Waals surface area contributed by atoms with Crippen molar-refractivity contribution < 1.29 is 13.2 Å². The summed E-state index contributed by atoms with van der Waals surface area (Å²) in [5.74, 6) is -0.437. The van der Waals surface area contributed by atoms with Gasteiger partial charge in [-0.3, -0.25) is 14.1 Å². The SMILES string of the molecule is Cc1c(Cl)cccc1N(CC(=O)NCc1cccnc1)S(=O)(=O)c1ccccc1. The van der Waals surface area contributed by atoms with E-state index in [-0.39, 0.29) is 18.0 Å². The number of halogens is 1. The molecule has 2 aromatic carbocycles. The molecule has 0 saturated carbocycles. The van der Waals surface area contributed by atoms with E-state index in [2.05, 4.69) is 10.3 Å². The minimum Gasteiger partial charge on any atom is -0.350 e. The van der Waals surface area contributed by atoms with Gasteiger partial charge in [0.05, 0.1) is 10.6 Å². The third-order valence-corrected chi connectivity index (χ3v) is 6.52. The van der Waals surface area contributed by atoms with E-state index < -0.39 is 15.9 Å². The van der Waals surface area contributed by atoms with Crippen LogP contribution in [-0.2, 0) is 21.4 Å². The summed E-state index contributed by atoms with van der Waals surface area (Å²) >= 11 is 6.20. The van der Waals surface area contributed by atoms with Gasteiger partial charge in [0.15, 0.2) is 0 Å². The first-order valence-corrected chi connectivity index (χ1v) is 10.7. The number of nitrogens with zero attached hydrogens (tertiary/aromatic N) is 2. The van der Waals surface area contributed by atoms with Gasteiger partial charge in [-0.05, 0) is 48.4 Å². The molecule has 1 amide bonds. The Kier molecular flexibility index (Phi) is 6.51. The molecule has 3 aromatic rings. The Morgan fingerprint density at radius 2 is 1.83 bits per heavy atom. The maximum Gasteiger partial charge on any atom is 0.264 e. The van der Waals surface area contributed by atoms with Crippen molar-refractivity contribution in [2.75, 3.05) is 10.8 Å². The highest BCUT2D eigenvalue weighted by Gasteiger charge is 2.28. The van der Waals surface area contributed by atoms with Crippen molar-refractivity contribution >= 4 is 33.2 Å². The molecular weight excluding hydrogens is 410 g/mol. The lowest BCUT2D eigenvalue weighted by Crippen LogP contribution is -2.41. The van der Waals surface area contributed by atoms with Crippen molar-refractivity contribution in [3.05, 3.63) is 89.2 Å². The molecule has 6 nitrogen and oxygen atoms in total. The van der Waals surface area contributed by atoms with Gasteiger partial charge < -0.3 is 5.32 Å². The molecule has 1 aromatic heterocycles. The van der Waals surface area contributed by atoms with Gasteiger partial charge in [-0.15, -0.1) is 0 Å². The molecule has 0 aliphatic carbocycles. The number of hydrogen-bond acceptors (Lipinski definition) is 4.